The normalized spacial score (nSPS) is 11.8. The molecular formula is C34H35ClN4O7S2. The van der Waals surface area contributed by atoms with E-state index in [1.54, 1.807) is 83.5 Å². The third kappa shape index (κ3) is 7.92. The minimum absolute atomic E-state index is 0.0590. The van der Waals surface area contributed by atoms with Gasteiger partial charge in [0.1, 0.15) is 11.5 Å². The van der Waals surface area contributed by atoms with Crippen molar-refractivity contribution in [2.45, 2.75) is 37.8 Å². The Balaban J connectivity index is 1.64. The number of anilines is 2. The predicted octanol–water partition coefficient (Wildman–Crippen LogP) is 6.16. The molecule has 0 unspecified atom stereocenters. The molecule has 0 aliphatic rings. The average molecular weight is 711 g/mol. The first-order chi connectivity index (χ1) is 22.9. The minimum Gasteiger partial charge on any atom is -0.497 e. The van der Waals surface area contributed by atoms with Crippen molar-refractivity contribution in [3.63, 3.8) is 0 Å². The van der Waals surface area contributed by atoms with E-state index in [0.29, 0.717) is 55.4 Å². The molecule has 0 atom stereocenters. The van der Waals surface area contributed by atoms with Crippen molar-refractivity contribution in [2.24, 2.45) is 0 Å². The number of hydrogen-bond donors (Lipinski definition) is 1. The average Bonchev–Trinajstić information content (AvgIpc) is 3.45. The number of halogens is 1. The van der Waals surface area contributed by atoms with Gasteiger partial charge in [0.2, 0.25) is 5.91 Å². The number of methoxy groups -OCH3 is 2. The Kier molecular flexibility index (Phi) is 10.6. The lowest BCUT2D eigenvalue weighted by molar-refractivity contribution is -0.115. The van der Waals surface area contributed by atoms with Crippen LogP contribution in [0.2, 0.25) is 5.02 Å². The maximum absolute atomic E-state index is 14.3. The number of nitrogens with zero attached hydrogens (tertiary/aromatic N) is 3. The van der Waals surface area contributed by atoms with E-state index in [-0.39, 0.29) is 23.2 Å². The lowest BCUT2D eigenvalue weighted by Gasteiger charge is -2.25. The Morgan fingerprint density at radius 2 is 1.42 bits per heavy atom. The molecule has 5 rings (SSSR count). The number of rotatable bonds is 14. The molecule has 0 radical (unpaired) electrons. The van der Waals surface area contributed by atoms with Gasteiger partial charge in [-0.25, -0.2) is 16.8 Å². The van der Waals surface area contributed by atoms with Gasteiger partial charge < -0.3 is 14.8 Å². The molecule has 1 N–H and O–H groups in total. The summed E-state index contributed by atoms with van der Waals surface area (Å²) in [5.41, 5.74) is 1.78. The molecule has 11 nitrogen and oxygen atoms in total. The van der Waals surface area contributed by atoms with Gasteiger partial charge in [0.05, 0.1) is 49.5 Å². The van der Waals surface area contributed by atoms with E-state index in [0.717, 1.165) is 0 Å². The summed E-state index contributed by atoms with van der Waals surface area (Å²) in [6, 6.07) is 22.6. The van der Waals surface area contributed by atoms with Crippen LogP contribution in [0.25, 0.3) is 10.9 Å². The summed E-state index contributed by atoms with van der Waals surface area (Å²) >= 11 is 6.28. The monoisotopic (exact) mass is 710 g/mol. The predicted molar refractivity (Wildman–Crippen MR) is 188 cm³/mol. The van der Waals surface area contributed by atoms with Gasteiger partial charge >= 0.3 is 0 Å². The number of carbonyl (C=O) groups excluding carboxylic acids is 1. The van der Waals surface area contributed by atoms with Crippen LogP contribution in [0.15, 0.2) is 91.1 Å². The fraction of sp³-hybridized carbons (Fsp3) is 0.235. The molecule has 1 aromatic heterocycles. The van der Waals surface area contributed by atoms with E-state index >= 15 is 0 Å². The van der Waals surface area contributed by atoms with E-state index in [2.05, 4.69) is 10.4 Å². The van der Waals surface area contributed by atoms with Gasteiger partial charge in [-0.15, -0.1) is 0 Å². The van der Waals surface area contributed by atoms with Crippen molar-refractivity contribution < 1.29 is 31.1 Å². The second-order valence-corrected chi connectivity index (χ2v) is 15.3. The van der Waals surface area contributed by atoms with E-state index in [1.165, 1.54) is 26.5 Å². The van der Waals surface area contributed by atoms with Crippen molar-refractivity contribution in [3.05, 3.63) is 113 Å². The van der Waals surface area contributed by atoms with Crippen molar-refractivity contribution in [1.29, 1.82) is 0 Å². The maximum Gasteiger partial charge on any atom is 0.252 e. The fourth-order valence-corrected chi connectivity index (χ4v) is 9.51. The second-order valence-electron chi connectivity index (χ2n) is 11.0. The lowest BCUT2D eigenvalue weighted by atomic mass is 10.1. The molecule has 0 aliphatic carbocycles. The van der Waals surface area contributed by atoms with E-state index in [1.807, 2.05) is 6.92 Å². The van der Waals surface area contributed by atoms with Gasteiger partial charge in [-0.1, -0.05) is 61.0 Å². The number of amides is 1. The van der Waals surface area contributed by atoms with Crippen molar-refractivity contribution in [2.75, 3.05) is 23.2 Å². The SMILES string of the molecule is CCCn1ncc2c(N(S(=O)(=O)Cc3ccc(OC)cc3)S(=O)(=O)Cc3ccc(OC)cc3)cc(NC(=O)Cc3ccccc3Cl)cc21. The smallest absolute Gasteiger partial charge is 0.252 e. The number of nitrogens with one attached hydrogen (secondary N) is 1. The Morgan fingerprint density at radius 3 is 1.94 bits per heavy atom. The Morgan fingerprint density at radius 1 is 0.854 bits per heavy atom. The molecule has 4 aromatic carbocycles. The molecule has 0 bridgehead atoms. The lowest BCUT2D eigenvalue weighted by Crippen LogP contribution is -2.38. The molecule has 48 heavy (non-hydrogen) atoms. The van der Waals surface area contributed by atoms with Crippen LogP contribution in [0.3, 0.4) is 0 Å². The van der Waals surface area contributed by atoms with Crippen LogP contribution in [0.1, 0.15) is 30.0 Å². The third-order valence-electron chi connectivity index (χ3n) is 7.49. The van der Waals surface area contributed by atoms with E-state index in [4.69, 9.17) is 21.1 Å². The number of benzene rings is 4. The highest BCUT2D eigenvalue weighted by molar-refractivity contribution is 8.09. The van der Waals surface area contributed by atoms with Gasteiger partial charge in [0, 0.05) is 22.6 Å². The molecule has 1 amide bonds. The molecule has 0 fully saturated rings. The zero-order valence-electron chi connectivity index (χ0n) is 26.6. The number of fused-ring (bicyclic) bond motifs is 1. The van der Waals surface area contributed by atoms with Crippen LogP contribution >= 0.6 is 11.6 Å². The summed E-state index contributed by atoms with van der Waals surface area (Å²) in [6.07, 6.45) is 2.08. The summed E-state index contributed by atoms with van der Waals surface area (Å²) in [5, 5.41) is 7.95. The first-order valence-electron chi connectivity index (χ1n) is 15.0. The van der Waals surface area contributed by atoms with Crippen molar-refractivity contribution >= 4 is 59.8 Å². The summed E-state index contributed by atoms with van der Waals surface area (Å²) in [7, 11) is -6.26. The van der Waals surface area contributed by atoms with Gasteiger partial charge in [-0.2, -0.15) is 8.81 Å². The topological polar surface area (TPSA) is 137 Å². The highest BCUT2D eigenvalue weighted by Gasteiger charge is 2.36. The number of carbonyl (C=O) groups is 1. The summed E-state index contributed by atoms with van der Waals surface area (Å²) in [4.78, 5) is 13.2. The highest BCUT2D eigenvalue weighted by Crippen LogP contribution is 2.37. The Hall–Kier alpha value is -4.59. The van der Waals surface area contributed by atoms with Crippen molar-refractivity contribution in [1.82, 2.24) is 9.78 Å². The zero-order chi connectivity index (χ0) is 34.5. The molecule has 1 heterocycles. The quantitative estimate of drug-likeness (QED) is 0.145. The van der Waals surface area contributed by atoms with Crippen LogP contribution in [-0.4, -0.2) is 46.7 Å². The fourth-order valence-electron chi connectivity index (χ4n) is 5.25. The number of hydrogen-bond acceptors (Lipinski definition) is 8. The van der Waals surface area contributed by atoms with Crippen LogP contribution in [-0.2, 0) is 49.3 Å². The number of aryl methyl sites for hydroxylation is 1. The summed E-state index contributed by atoms with van der Waals surface area (Å²) < 4.78 is 69.9. The zero-order valence-corrected chi connectivity index (χ0v) is 29.0. The largest absolute Gasteiger partial charge is 0.497 e. The minimum atomic E-state index is -4.62. The summed E-state index contributed by atoms with van der Waals surface area (Å²) in [6.45, 7) is 2.42. The maximum atomic E-state index is 14.3. The molecule has 0 saturated carbocycles. The highest BCUT2D eigenvalue weighted by atomic mass is 35.5. The molecule has 0 spiro atoms. The van der Waals surface area contributed by atoms with Crippen LogP contribution in [0.5, 0.6) is 11.5 Å². The number of aromatic nitrogens is 2. The molecule has 5 aromatic rings. The summed E-state index contributed by atoms with van der Waals surface area (Å²) in [5.74, 6) is -0.654. The van der Waals surface area contributed by atoms with Gasteiger partial charge in [0.15, 0.2) is 0 Å². The molecule has 14 heteroatoms. The molecular weight excluding hydrogens is 676 g/mol. The Labute approximate surface area is 285 Å². The number of ether oxygens (including phenoxy) is 2. The number of sulfonamides is 2. The first-order valence-corrected chi connectivity index (χ1v) is 18.6. The Bertz CT molecular complexity index is 2060. The van der Waals surface area contributed by atoms with E-state index in [9.17, 15) is 21.6 Å². The van der Waals surface area contributed by atoms with Crippen LogP contribution < -0.4 is 18.5 Å². The second kappa shape index (κ2) is 14.7. The molecule has 0 aliphatic heterocycles. The standard InChI is InChI=1S/C34H35ClN4O7S2/c1-4-17-38-32-19-27(37-34(40)18-26-7-5-6-8-31(26)35)20-33(30(32)21-36-38)39(47(41,42)22-24-9-13-28(45-2)14-10-24)48(43,44)23-25-11-15-29(46-3)16-12-25/h5-16,19-21H,4,17-18,22-23H2,1-3H3,(H,37,40). The van der Waals surface area contributed by atoms with Crippen LogP contribution in [0, 0.1) is 0 Å². The van der Waals surface area contributed by atoms with Gasteiger partial charge in [-0.05, 0) is 65.6 Å². The van der Waals surface area contributed by atoms with Gasteiger partial charge in [0.25, 0.3) is 20.0 Å². The van der Waals surface area contributed by atoms with Crippen molar-refractivity contribution in [3.8, 4) is 11.5 Å². The molecule has 0 saturated heterocycles. The first kappa shape index (κ1) is 34.7. The van der Waals surface area contributed by atoms with Gasteiger partial charge in [-0.3, -0.25) is 9.48 Å². The van der Waals surface area contributed by atoms with Crippen LogP contribution in [0.4, 0.5) is 11.4 Å². The third-order valence-corrected chi connectivity index (χ3v) is 12.0. The molecule has 252 valence electrons. The van der Waals surface area contributed by atoms with E-state index < -0.39 is 37.5 Å².